The van der Waals surface area contributed by atoms with Crippen molar-refractivity contribution >= 4 is 5.97 Å². The van der Waals surface area contributed by atoms with Crippen molar-refractivity contribution in [2.45, 2.75) is 101 Å². The fourth-order valence-corrected chi connectivity index (χ4v) is 3.84. The quantitative estimate of drug-likeness (QED) is 0.573. The Labute approximate surface area is 144 Å². The number of ether oxygens (including phenoxy) is 1. The minimum atomic E-state index is -0.415. The Morgan fingerprint density at radius 2 is 1.43 bits per heavy atom. The zero-order valence-electron chi connectivity index (χ0n) is 17.1. The zero-order chi connectivity index (χ0) is 18.1. The van der Waals surface area contributed by atoms with E-state index in [0.717, 1.165) is 25.2 Å². The van der Waals surface area contributed by atoms with Crippen LogP contribution in [0.5, 0.6) is 0 Å². The van der Waals surface area contributed by atoms with Crippen molar-refractivity contribution in [3.8, 4) is 0 Å². The van der Waals surface area contributed by atoms with Crippen LogP contribution in [-0.4, -0.2) is 12.1 Å². The summed E-state index contributed by atoms with van der Waals surface area (Å²) < 4.78 is 6.01. The number of carbonyl (C=O) groups excluding carboxylic acids is 1. The van der Waals surface area contributed by atoms with E-state index < -0.39 is 5.41 Å². The Kier molecular flexibility index (Phi) is 6.38. The van der Waals surface area contributed by atoms with Crippen LogP contribution in [0.15, 0.2) is 0 Å². The Morgan fingerprint density at radius 1 is 0.957 bits per heavy atom. The summed E-state index contributed by atoms with van der Waals surface area (Å²) in [5, 5.41) is 0. The zero-order valence-corrected chi connectivity index (χ0v) is 17.1. The third-order valence-corrected chi connectivity index (χ3v) is 6.10. The van der Waals surface area contributed by atoms with Gasteiger partial charge in [-0.3, -0.25) is 4.79 Å². The van der Waals surface area contributed by atoms with Gasteiger partial charge in [-0.1, -0.05) is 55.4 Å². The van der Waals surface area contributed by atoms with Gasteiger partial charge >= 0.3 is 5.97 Å². The highest BCUT2D eigenvalue weighted by atomic mass is 16.5. The number of carbonyl (C=O) groups is 1. The first-order valence-electron chi connectivity index (χ1n) is 9.48. The molecule has 0 saturated heterocycles. The first-order chi connectivity index (χ1) is 10.3. The van der Waals surface area contributed by atoms with Crippen molar-refractivity contribution in [2.75, 3.05) is 0 Å². The van der Waals surface area contributed by atoms with E-state index in [1.807, 2.05) is 0 Å². The smallest absolute Gasteiger partial charge is 0.312 e. The average molecular weight is 325 g/mol. The van der Waals surface area contributed by atoms with Gasteiger partial charge in [-0.15, -0.1) is 0 Å². The summed E-state index contributed by atoms with van der Waals surface area (Å²) >= 11 is 0. The summed E-state index contributed by atoms with van der Waals surface area (Å²) in [7, 11) is 0. The van der Waals surface area contributed by atoms with Gasteiger partial charge in [0.25, 0.3) is 0 Å². The fraction of sp³-hybridized carbons (Fsp3) is 0.952. The molecule has 0 amide bonds. The van der Waals surface area contributed by atoms with Crippen molar-refractivity contribution in [2.24, 2.45) is 28.1 Å². The molecule has 2 heteroatoms. The number of hydrogen-bond donors (Lipinski definition) is 0. The van der Waals surface area contributed by atoms with Gasteiger partial charge in [0.15, 0.2) is 0 Å². The van der Waals surface area contributed by atoms with Crippen molar-refractivity contribution in [1.82, 2.24) is 0 Å². The highest BCUT2D eigenvalue weighted by Crippen LogP contribution is 2.45. The van der Waals surface area contributed by atoms with Gasteiger partial charge in [0.2, 0.25) is 0 Å². The van der Waals surface area contributed by atoms with Crippen LogP contribution in [0.1, 0.15) is 94.4 Å². The third kappa shape index (κ3) is 5.22. The van der Waals surface area contributed by atoms with Crippen LogP contribution in [0.3, 0.4) is 0 Å². The van der Waals surface area contributed by atoms with Gasteiger partial charge in [0.1, 0.15) is 6.10 Å². The number of rotatable bonds is 4. The van der Waals surface area contributed by atoms with E-state index in [1.54, 1.807) is 0 Å². The van der Waals surface area contributed by atoms with E-state index in [-0.39, 0.29) is 17.5 Å². The summed E-state index contributed by atoms with van der Waals surface area (Å²) in [4.78, 5) is 13.0. The molecule has 0 bridgehead atoms. The molecule has 0 aromatic rings. The lowest BCUT2D eigenvalue weighted by Gasteiger charge is -2.43. The lowest BCUT2D eigenvalue weighted by Crippen LogP contribution is -2.44. The van der Waals surface area contributed by atoms with Crippen molar-refractivity contribution in [3.63, 3.8) is 0 Å². The molecule has 0 aromatic heterocycles. The molecule has 0 radical (unpaired) electrons. The maximum atomic E-state index is 13.0. The molecule has 0 heterocycles. The Balaban J connectivity index is 2.71. The molecule has 136 valence electrons. The van der Waals surface area contributed by atoms with Crippen molar-refractivity contribution < 1.29 is 9.53 Å². The second-order valence-electron chi connectivity index (χ2n) is 10.4. The lowest BCUT2D eigenvalue weighted by atomic mass is 9.64. The molecule has 0 aromatic carbocycles. The SMILES string of the molecule is CC(C)CC(C)(C(=O)OC1CCC(C(C)(C)C)CC1)C(C)(C)C. The van der Waals surface area contributed by atoms with Gasteiger partial charge in [-0.2, -0.15) is 0 Å². The average Bonchev–Trinajstić information content (AvgIpc) is 2.35. The molecular formula is C21H40O2. The molecule has 1 rings (SSSR count). The minimum Gasteiger partial charge on any atom is -0.462 e. The number of hydrogen-bond acceptors (Lipinski definition) is 2. The summed E-state index contributed by atoms with van der Waals surface area (Å²) in [6.07, 6.45) is 5.41. The molecule has 1 aliphatic carbocycles. The van der Waals surface area contributed by atoms with E-state index in [9.17, 15) is 4.79 Å². The molecule has 2 nitrogen and oxygen atoms in total. The fourth-order valence-electron chi connectivity index (χ4n) is 3.84. The second kappa shape index (κ2) is 7.15. The van der Waals surface area contributed by atoms with E-state index in [0.29, 0.717) is 11.3 Å². The molecular weight excluding hydrogens is 284 g/mol. The minimum absolute atomic E-state index is 0.0120. The van der Waals surface area contributed by atoms with E-state index in [1.165, 1.54) is 12.8 Å². The van der Waals surface area contributed by atoms with Gasteiger partial charge in [0, 0.05) is 0 Å². The van der Waals surface area contributed by atoms with Gasteiger partial charge < -0.3 is 4.74 Å². The Bertz CT molecular complexity index is 389. The molecule has 0 N–H and O–H groups in total. The Morgan fingerprint density at radius 3 is 1.78 bits per heavy atom. The first kappa shape index (κ1) is 20.5. The van der Waals surface area contributed by atoms with Crippen LogP contribution in [0.2, 0.25) is 0 Å². The van der Waals surface area contributed by atoms with Gasteiger partial charge in [-0.05, 0) is 61.7 Å². The second-order valence-corrected chi connectivity index (χ2v) is 10.4. The standard InChI is InChI=1S/C21H40O2/c1-15(2)14-21(9,20(6,7)8)18(22)23-17-12-10-16(11-13-17)19(3,4)5/h15-17H,10-14H2,1-9H3. The summed E-state index contributed by atoms with van der Waals surface area (Å²) in [5.74, 6) is 1.25. The van der Waals surface area contributed by atoms with Crippen LogP contribution in [0.4, 0.5) is 0 Å². The topological polar surface area (TPSA) is 26.3 Å². The molecule has 1 fully saturated rings. The normalized spacial score (nSPS) is 26.0. The summed E-state index contributed by atoms with van der Waals surface area (Å²) in [5.41, 5.74) is -0.133. The monoisotopic (exact) mass is 324 g/mol. The third-order valence-electron chi connectivity index (χ3n) is 6.10. The molecule has 23 heavy (non-hydrogen) atoms. The molecule has 0 aliphatic heterocycles. The molecule has 1 aliphatic rings. The lowest BCUT2D eigenvalue weighted by molar-refractivity contribution is -0.171. The molecule has 0 spiro atoms. The van der Waals surface area contributed by atoms with Crippen molar-refractivity contribution in [3.05, 3.63) is 0 Å². The highest BCUT2D eigenvalue weighted by Gasteiger charge is 2.46. The van der Waals surface area contributed by atoms with Crippen LogP contribution in [0.25, 0.3) is 0 Å². The molecule has 1 saturated carbocycles. The summed E-state index contributed by atoms with van der Waals surface area (Å²) in [6.45, 7) is 19.9. The predicted molar refractivity (Wildman–Crippen MR) is 98.3 cm³/mol. The maximum Gasteiger partial charge on any atom is 0.312 e. The molecule has 1 unspecified atom stereocenters. The van der Waals surface area contributed by atoms with Crippen LogP contribution in [-0.2, 0) is 9.53 Å². The number of esters is 1. The molecule has 1 atom stereocenters. The van der Waals surface area contributed by atoms with Crippen LogP contribution < -0.4 is 0 Å². The van der Waals surface area contributed by atoms with E-state index in [2.05, 4.69) is 62.3 Å². The maximum absolute atomic E-state index is 13.0. The van der Waals surface area contributed by atoms with E-state index >= 15 is 0 Å². The first-order valence-corrected chi connectivity index (χ1v) is 9.48. The van der Waals surface area contributed by atoms with Crippen LogP contribution >= 0.6 is 0 Å². The summed E-state index contributed by atoms with van der Waals surface area (Å²) in [6, 6.07) is 0. The Hall–Kier alpha value is -0.530. The van der Waals surface area contributed by atoms with Crippen LogP contribution in [0, 0.1) is 28.1 Å². The van der Waals surface area contributed by atoms with E-state index in [4.69, 9.17) is 4.74 Å². The largest absolute Gasteiger partial charge is 0.462 e. The van der Waals surface area contributed by atoms with Gasteiger partial charge in [0.05, 0.1) is 5.41 Å². The van der Waals surface area contributed by atoms with Gasteiger partial charge in [-0.25, -0.2) is 0 Å². The predicted octanol–water partition coefficient (Wildman–Crippen LogP) is 6.23. The highest BCUT2D eigenvalue weighted by molar-refractivity contribution is 5.77. The van der Waals surface area contributed by atoms with Crippen molar-refractivity contribution in [1.29, 1.82) is 0 Å².